The fourth-order valence-electron chi connectivity index (χ4n) is 3.75. The second-order valence-electron chi connectivity index (χ2n) is 6.11. The highest BCUT2D eigenvalue weighted by molar-refractivity contribution is 5.79. The van der Waals surface area contributed by atoms with Crippen LogP contribution >= 0.6 is 0 Å². The highest BCUT2D eigenvalue weighted by Crippen LogP contribution is 2.32. The number of carbonyl (C=O) groups excluding carboxylic acids is 1. The van der Waals surface area contributed by atoms with E-state index in [0.29, 0.717) is 18.0 Å². The molecule has 1 N–H and O–H groups in total. The van der Waals surface area contributed by atoms with Crippen molar-refractivity contribution < 1.29 is 4.79 Å². The summed E-state index contributed by atoms with van der Waals surface area (Å²) < 4.78 is 0. The molecule has 1 aliphatic carbocycles. The number of hydrogen-bond acceptors (Lipinski definition) is 2. The Morgan fingerprint density at radius 2 is 2.00 bits per heavy atom. The third-order valence-corrected chi connectivity index (χ3v) is 4.74. The number of amides is 1. The van der Waals surface area contributed by atoms with Crippen LogP contribution in [0.4, 0.5) is 0 Å². The molecule has 2 aliphatic rings. The summed E-state index contributed by atoms with van der Waals surface area (Å²) in [5.41, 5.74) is 2.84. The van der Waals surface area contributed by atoms with Crippen molar-refractivity contribution in [2.45, 2.75) is 44.2 Å². The summed E-state index contributed by atoms with van der Waals surface area (Å²) in [7, 11) is 0. The second-order valence-corrected chi connectivity index (χ2v) is 6.11. The van der Waals surface area contributed by atoms with E-state index in [1.165, 1.54) is 11.1 Å². The van der Waals surface area contributed by atoms with Crippen LogP contribution < -0.4 is 5.32 Å². The Morgan fingerprint density at radius 1 is 1.29 bits per heavy atom. The Kier molecular flexibility index (Phi) is 4.39. The molecule has 3 rings (SSSR count). The standard InChI is InChI=1S/C18H24N2O/c1-2-10-19-11-9-16-7-8-18(21)20(16)17-12-14-5-3-4-6-15(14)13-17/h2-6,16-17,19H,1,7-13H2. The molecule has 21 heavy (non-hydrogen) atoms. The molecular formula is C18H24N2O. The molecule has 0 spiro atoms. The summed E-state index contributed by atoms with van der Waals surface area (Å²) in [6.07, 6.45) is 6.72. The van der Waals surface area contributed by atoms with Gasteiger partial charge in [-0.1, -0.05) is 30.3 Å². The maximum Gasteiger partial charge on any atom is 0.223 e. The Labute approximate surface area is 127 Å². The lowest BCUT2D eigenvalue weighted by atomic mass is 10.1. The number of likely N-dealkylation sites (tertiary alicyclic amines) is 1. The highest BCUT2D eigenvalue weighted by atomic mass is 16.2. The van der Waals surface area contributed by atoms with Crippen LogP contribution in [-0.2, 0) is 17.6 Å². The summed E-state index contributed by atoms with van der Waals surface area (Å²) in [4.78, 5) is 14.5. The van der Waals surface area contributed by atoms with E-state index >= 15 is 0 Å². The van der Waals surface area contributed by atoms with E-state index < -0.39 is 0 Å². The molecule has 0 radical (unpaired) electrons. The average Bonchev–Trinajstić information content (AvgIpc) is 3.06. The lowest BCUT2D eigenvalue weighted by Gasteiger charge is -2.31. The van der Waals surface area contributed by atoms with Crippen LogP contribution in [0.2, 0.25) is 0 Å². The minimum atomic E-state index is 0.349. The van der Waals surface area contributed by atoms with Gasteiger partial charge in [-0.15, -0.1) is 6.58 Å². The summed E-state index contributed by atoms with van der Waals surface area (Å²) in [5, 5.41) is 3.35. The fourth-order valence-corrected chi connectivity index (χ4v) is 3.75. The Hall–Kier alpha value is -1.61. The molecule has 1 amide bonds. The number of carbonyl (C=O) groups is 1. The lowest BCUT2D eigenvalue weighted by molar-refractivity contribution is -0.131. The number of benzene rings is 1. The summed E-state index contributed by atoms with van der Waals surface area (Å²) in [6, 6.07) is 9.40. The minimum absolute atomic E-state index is 0.349. The van der Waals surface area contributed by atoms with Crippen molar-refractivity contribution in [2.24, 2.45) is 0 Å². The molecule has 3 nitrogen and oxygen atoms in total. The molecule has 0 aromatic heterocycles. The Morgan fingerprint density at radius 3 is 2.67 bits per heavy atom. The molecular weight excluding hydrogens is 260 g/mol. The molecule has 1 unspecified atom stereocenters. The maximum atomic E-state index is 12.3. The summed E-state index contributed by atoms with van der Waals surface area (Å²) in [5.74, 6) is 0.349. The number of hydrogen-bond donors (Lipinski definition) is 1. The van der Waals surface area contributed by atoms with Crippen LogP contribution in [0.1, 0.15) is 30.4 Å². The lowest BCUT2D eigenvalue weighted by Crippen LogP contribution is -2.43. The number of rotatable bonds is 6. The van der Waals surface area contributed by atoms with Crippen LogP contribution in [0.3, 0.4) is 0 Å². The number of fused-ring (bicyclic) bond motifs is 1. The van der Waals surface area contributed by atoms with Crippen molar-refractivity contribution in [3.63, 3.8) is 0 Å². The van der Waals surface area contributed by atoms with Crippen molar-refractivity contribution >= 4 is 5.91 Å². The van der Waals surface area contributed by atoms with Gasteiger partial charge < -0.3 is 10.2 Å². The van der Waals surface area contributed by atoms with Gasteiger partial charge in [0.05, 0.1) is 0 Å². The van der Waals surface area contributed by atoms with E-state index in [4.69, 9.17) is 0 Å². The molecule has 1 atom stereocenters. The SMILES string of the molecule is C=CCNCCC1CCC(=O)N1C1Cc2ccccc2C1. The summed E-state index contributed by atoms with van der Waals surface area (Å²) >= 11 is 0. The largest absolute Gasteiger partial charge is 0.336 e. The molecule has 0 saturated carbocycles. The smallest absolute Gasteiger partial charge is 0.223 e. The van der Waals surface area contributed by atoms with Gasteiger partial charge in [-0.25, -0.2) is 0 Å². The van der Waals surface area contributed by atoms with Crippen molar-refractivity contribution in [1.29, 1.82) is 0 Å². The zero-order valence-corrected chi connectivity index (χ0v) is 12.6. The molecule has 1 aromatic rings. The van der Waals surface area contributed by atoms with E-state index in [1.54, 1.807) is 0 Å². The van der Waals surface area contributed by atoms with Gasteiger partial charge in [-0.3, -0.25) is 4.79 Å². The van der Waals surface area contributed by atoms with E-state index in [0.717, 1.165) is 45.2 Å². The van der Waals surface area contributed by atoms with Crippen molar-refractivity contribution in [1.82, 2.24) is 10.2 Å². The Balaban J connectivity index is 1.63. The van der Waals surface area contributed by atoms with Gasteiger partial charge in [0.2, 0.25) is 5.91 Å². The fraction of sp³-hybridized carbons (Fsp3) is 0.500. The highest BCUT2D eigenvalue weighted by Gasteiger charge is 2.38. The third kappa shape index (κ3) is 3.03. The molecule has 112 valence electrons. The third-order valence-electron chi connectivity index (χ3n) is 4.74. The molecule has 1 heterocycles. The predicted octanol–water partition coefficient (Wildman–Crippen LogP) is 2.31. The normalized spacial score (nSPS) is 21.8. The van der Waals surface area contributed by atoms with Crippen molar-refractivity contribution in [3.8, 4) is 0 Å². The molecule has 1 aliphatic heterocycles. The van der Waals surface area contributed by atoms with Gasteiger partial charge >= 0.3 is 0 Å². The van der Waals surface area contributed by atoms with Crippen molar-refractivity contribution in [3.05, 3.63) is 48.0 Å². The van der Waals surface area contributed by atoms with Gasteiger partial charge in [0.15, 0.2) is 0 Å². The topological polar surface area (TPSA) is 32.3 Å². The monoisotopic (exact) mass is 284 g/mol. The van der Waals surface area contributed by atoms with Crippen LogP contribution in [0, 0.1) is 0 Å². The van der Waals surface area contributed by atoms with Gasteiger partial charge in [-0.05, 0) is 43.4 Å². The number of nitrogens with zero attached hydrogens (tertiary/aromatic N) is 1. The molecule has 0 bridgehead atoms. The van der Waals surface area contributed by atoms with Gasteiger partial charge in [0.25, 0.3) is 0 Å². The molecule has 1 aromatic carbocycles. The molecule has 1 fully saturated rings. The second kappa shape index (κ2) is 6.44. The van der Waals surface area contributed by atoms with Gasteiger partial charge in [0, 0.05) is 25.0 Å². The Bertz CT molecular complexity index is 501. The average molecular weight is 284 g/mol. The number of nitrogens with one attached hydrogen (secondary N) is 1. The minimum Gasteiger partial charge on any atom is -0.336 e. The van der Waals surface area contributed by atoms with E-state index in [1.807, 2.05) is 6.08 Å². The first-order valence-electron chi connectivity index (χ1n) is 7.99. The van der Waals surface area contributed by atoms with E-state index in [2.05, 4.69) is 41.1 Å². The van der Waals surface area contributed by atoms with Gasteiger partial charge in [0.1, 0.15) is 0 Å². The molecule has 1 saturated heterocycles. The first kappa shape index (κ1) is 14.3. The van der Waals surface area contributed by atoms with Crippen LogP contribution in [-0.4, -0.2) is 36.0 Å². The quantitative estimate of drug-likeness (QED) is 0.642. The van der Waals surface area contributed by atoms with E-state index in [-0.39, 0.29) is 0 Å². The van der Waals surface area contributed by atoms with Gasteiger partial charge in [-0.2, -0.15) is 0 Å². The first-order valence-corrected chi connectivity index (χ1v) is 7.99. The molecule has 3 heteroatoms. The zero-order valence-electron chi connectivity index (χ0n) is 12.6. The van der Waals surface area contributed by atoms with Crippen LogP contribution in [0.25, 0.3) is 0 Å². The van der Waals surface area contributed by atoms with Crippen molar-refractivity contribution in [2.75, 3.05) is 13.1 Å². The maximum absolute atomic E-state index is 12.3. The van der Waals surface area contributed by atoms with Crippen LogP contribution in [0.15, 0.2) is 36.9 Å². The first-order chi connectivity index (χ1) is 10.3. The van der Waals surface area contributed by atoms with E-state index in [9.17, 15) is 4.79 Å². The summed E-state index contributed by atoms with van der Waals surface area (Å²) in [6.45, 7) is 5.52. The van der Waals surface area contributed by atoms with Crippen LogP contribution in [0.5, 0.6) is 0 Å². The zero-order chi connectivity index (χ0) is 14.7. The predicted molar refractivity (Wildman–Crippen MR) is 85.2 cm³/mol.